The van der Waals surface area contributed by atoms with Crippen LogP contribution in [0.2, 0.25) is 5.02 Å². The molecule has 0 saturated heterocycles. The molecule has 2 aromatic rings. The third-order valence-electron chi connectivity index (χ3n) is 2.53. The fraction of sp³-hybridized carbons (Fsp3) is 0.182. The minimum Gasteiger partial charge on any atom is -0.476 e. The van der Waals surface area contributed by atoms with E-state index in [0.29, 0.717) is 4.68 Å². The Morgan fingerprint density at radius 3 is 2.62 bits per heavy atom. The van der Waals surface area contributed by atoms with Crippen LogP contribution in [0.15, 0.2) is 18.2 Å². The highest BCUT2D eigenvalue weighted by atomic mass is 35.5. The summed E-state index contributed by atoms with van der Waals surface area (Å²) in [6.07, 6.45) is -4.98. The van der Waals surface area contributed by atoms with E-state index in [2.05, 4.69) is 10.3 Å². The van der Waals surface area contributed by atoms with Crippen molar-refractivity contribution in [2.45, 2.75) is 12.7 Å². The molecule has 0 bridgehead atoms. The Balaban J connectivity index is 2.50. The van der Waals surface area contributed by atoms with Crippen molar-refractivity contribution in [3.05, 3.63) is 46.0 Å². The first-order chi connectivity index (χ1) is 9.70. The Kier molecular flexibility index (Phi) is 3.86. The number of nitrogens with zero attached hydrogens (tertiary/aromatic N) is 3. The van der Waals surface area contributed by atoms with Crippen molar-refractivity contribution in [2.75, 3.05) is 0 Å². The molecule has 5 nitrogen and oxygen atoms in total. The SMILES string of the molecule is O=C(O)c1nnn(Cc2cc(F)ccc2Cl)c1C(F)(F)F. The van der Waals surface area contributed by atoms with Crippen molar-refractivity contribution >= 4 is 17.6 Å². The van der Waals surface area contributed by atoms with E-state index in [4.69, 9.17) is 16.7 Å². The zero-order valence-electron chi connectivity index (χ0n) is 10.0. The van der Waals surface area contributed by atoms with Crippen LogP contribution in [0.25, 0.3) is 0 Å². The molecule has 0 radical (unpaired) electrons. The van der Waals surface area contributed by atoms with Gasteiger partial charge < -0.3 is 5.11 Å². The molecule has 1 heterocycles. The third-order valence-corrected chi connectivity index (χ3v) is 2.90. The lowest BCUT2D eigenvalue weighted by molar-refractivity contribution is -0.144. The lowest BCUT2D eigenvalue weighted by Gasteiger charge is -2.11. The van der Waals surface area contributed by atoms with Gasteiger partial charge in [0.05, 0.1) is 6.54 Å². The molecule has 21 heavy (non-hydrogen) atoms. The fourth-order valence-corrected chi connectivity index (χ4v) is 1.85. The average Bonchev–Trinajstić information content (AvgIpc) is 2.77. The number of rotatable bonds is 3. The number of carbonyl (C=O) groups is 1. The van der Waals surface area contributed by atoms with Crippen molar-refractivity contribution in [1.82, 2.24) is 15.0 Å². The molecule has 0 atom stereocenters. The summed E-state index contributed by atoms with van der Waals surface area (Å²) in [6.45, 7) is -0.564. The first-order valence-corrected chi connectivity index (χ1v) is 5.76. The van der Waals surface area contributed by atoms with Crippen molar-refractivity contribution in [2.24, 2.45) is 0 Å². The van der Waals surface area contributed by atoms with Gasteiger partial charge in [-0.25, -0.2) is 13.9 Å². The number of carboxylic acid groups (broad SMARTS) is 1. The number of aromatic carboxylic acids is 1. The topological polar surface area (TPSA) is 68.0 Å². The van der Waals surface area contributed by atoms with E-state index in [1.807, 2.05) is 0 Å². The van der Waals surface area contributed by atoms with Gasteiger partial charge >= 0.3 is 12.1 Å². The van der Waals surface area contributed by atoms with Gasteiger partial charge in [0.15, 0.2) is 5.69 Å². The van der Waals surface area contributed by atoms with Gasteiger partial charge in [0, 0.05) is 5.02 Å². The minimum atomic E-state index is -4.98. The fourth-order valence-electron chi connectivity index (χ4n) is 1.67. The molecule has 1 aromatic heterocycles. The zero-order chi connectivity index (χ0) is 15.8. The maximum absolute atomic E-state index is 13.1. The molecule has 0 amide bonds. The molecule has 0 saturated carbocycles. The Morgan fingerprint density at radius 1 is 1.38 bits per heavy atom. The molecule has 0 aliphatic rings. The average molecular weight is 324 g/mol. The highest BCUT2D eigenvalue weighted by Gasteiger charge is 2.41. The van der Waals surface area contributed by atoms with Crippen LogP contribution >= 0.6 is 11.6 Å². The normalized spacial score (nSPS) is 11.7. The number of carboxylic acids is 1. The zero-order valence-corrected chi connectivity index (χ0v) is 10.8. The molecule has 1 aromatic carbocycles. The summed E-state index contributed by atoms with van der Waals surface area (Å²) in [5.41, 5.74) is -2.74. The number of benzene rings is 1. The number of alkyl halides is 3. The number of halogens is 5. The monoisotopic (exact) mass is 323 g/mol. The van der Waals surface area contributed by atoms with Crippen molar-refractivity contribution in [1.29, 1.82) is 0 Å². The first-order valence-electron chi connectivity index (χ1n) is 5.38. The number of aromatic nitrogens is 3. The van der Waals surface area contributed by atoms with E-state index in [0.717, 1.165) is 12.1 Å². The predicted molar refractivity (Wildman–Crippen MR) is 62.5 cm³/mol. The Labute approximate surface area is 119 Å². The molecule has 112 valence electrons. The molecule has 10 heteroatoms. The van der Waals surface area contributed by atoms with E-state index in [9.17, 15) is 22.4 Å². The van der Waals surface area contributed by atoms with Crippen LogP contribution in [-0.4, -0.2) is 26.1 Å². The van der Waals surface area contributed by atoms with Gasteiger partial charge in [0.25, 0.3) is 0 Å². The number of hydrogen-bond donors (Lipinski definition) is 1. The lowest BCUT2D eigenvalue weighted by Crippen LogP contribution is -2.19. The Hall–Kier alpha value is -2.16. The molecule has 0 aliphatic carbocycles. The second kappa shape index (κ2) is 5.32. The van der Waals surface area contributed by atoms with E-state index in [1.165, 1.54) is 6.07 Å². The highest BCUT2D eigenvalue weighted by Crippen LogP contribution is 2.32. The summed E-state index contributed by atoms with van der Waals surface area (Å²) in [7, 11) is 0. The first kappa shape index (κ1) is 15.2. The van der Waals surface area contributed by atoms with Crippen molar-refractivity contribution in [3.8, 4) is 0 Å². The van der Waals surface area contributed by atoms with E-state index in [1.54, 1.807) is 0 Å². The molecule has 0 spiro atoms. The molecular weight excluding hydrogens is 318 g/mol. The summed E-state index contributed by atoms with van der Waals surface area (Å²) < 4.78 is 52.2. The second-order valence-electron chi connectivity index (χ2n) is 3.98. The molecule has 0 fully saturated rings. The van der Waals surface area contributed by atoms with Gasteiger partial charge in [-0.2, -0.15) is 13.2 Å². The summed E-state index contributed by atoms with van der Waals surface area (Å²) >= 11 is 5.76. The van der Waals surface area contributed by atoms with Crippen LogP contribution in [0.3, 0.4) is 0 Å². The standard InChI is InChI=1S/C11H6ClF4N3O2/c12-7-2-1-6(13)3-5(7)4-19-9(11(14,15)16)8(10(20)21)17-18-19/h1-3H,4H2,(H,20,21). The largest absolute Gasteiger partial charge is 0.476 e. The highest BCUT2D eigenvalue weighted by molar-refractivity contribution is 6.31. The van der Waals surface area contributed by atoms with Crippen LogP contribution < -0.4 is 0 Å². The minimum absolute atomic E-state index is 0.0176. The van der Waals surface area contributed by atoms with Crippen LogP contribution in [0.1, 0.15) is 21.7 Å². The smallest absolute Gasteiger partial charge is 0.435 e. The van der Waals surface area contributed by atoms with Gasteiger partial charge in [-0.3, -0.25) is 0 Å². The second-order valence-corrected chi connectivity index (χ2v) is 4.39. The number of hydrogen-bond acceptors (Lipinski definition) is 3. The van der Waals surface area contributed by atoms with Gasteiger partial charge in [-0.05, 0) is 23.8 Å². The molecule has 0 aliphatic heterocycles. The summed E-state index contributed by atoms with van der Waals surface area (Å²) in [5.74, 6) is -2.56. The van der Waals surface area contributed by atoms with Crippen molar-refractivity contribution in [3.63, 3.8) is 0 Å². The van der Waals surface area contributed by atoms with E-state index < -0.39 is 35.9 Å². The Bertz CT molecular complexity index is 699. The summed E-state index contributed by atoms with van der Waals surface area (Å²) in [4.78, 5) is 10.8. The van der Waals surface area contributed by atoms with Crippen molar-refractivity contribution < 1.29 is 27.5 Å². The lowest BCUT2D eigenvalue weighted by atomic mass is 10.2. The molecule has 2 rings (SSSR count). The third kappa shape index (κ3) is 3.13. The Morgan fingerprint density at radius 2 is 2.05 bits per heavy atom. The predicted octanol–water partition coefficient (Wildman–Crippen LogP) is 2.84. The van der Waals surface area contributed by atoms with E-state index >= 15 is 0 Å². The quantitative estimate of drug-likeness (QED) is 0.882. The van der Waals surface area contributed by atoms with Gasteiger partial charge in [-0.1, -0.05) is 16.8 Å². The molecule has 0 unspecified atom stereocenters. The van der Waals surface area contributed by atoms with Gasteiger partial charge in [0.1, 0.15) is 5.82 Å². The van der Waals surface area contributed by atoms with Crippen LogP contribution in [0.5, 0.6) is 0 Å². The molecule has 1 N–H and O–H groups in total. The summed E-state index contributed by atoms with van der Waals surface area (Å²) in [5, 5.41) is 14.9. The van der Waals surface area contributed by atoms with Gasteiger partial charge in [-0.15, -0.1) is 5.10 Å². The van der Waals surface area contributed by atoms with E-state index in [-0.39, 0.29) is 10.6 Å². The maximum atomic E-state index is 13.1. The van der Waals surface area contributed by atoms with Crippen LogP contribution in [0, 0.1) is 5.82 Å². The van der Waals surface area contributed by atoms with Crippen LogP contribution in [0.4, 0.5) is 17.6 Å². The molecular formula is C11H6ClF4N3O2. The van der Waals surface area contributed by atoms with Gasteiger partial charge in [0.2, 0.25) is 5.69 Å². The maximum Gasteiger partial charge on any atom is 0.435 e. The summed E-state index contributed by atoms with van der Waals surface area (Å²) in [6, 6.07) is 3.15. The van der Waals surface area contributed by atoms with Crippen LogP contribution in [-0.2, 0) is 12.7 Å².